The Labute approximate surface area is 170 Å². The lowest BCUT2D eigenvalue weighted by Crippen LogP contribution is -2.54. The Morgan fingerprint density at radius 2 is 2.19 bits per heavy atom. The van der Waals surface area contributed by atoms with E-state index in [0.29, 0.717) is 18.0 Å². The van der Waals surface area contributed by atoms with Gasteiger partial charge in [-0.2, -0.15) is 0 Å². The van der Waals surface area contributed by atoms with E-state index in [-0.39, 0.29) is 12.0 Å². The Hall–Kier alpha value is -1.57. The summed E-state index contributed by atoms with van der Waals surface area (Å²) in [6, 6.07) is 11.8. The van der Waals surface area contributed by atoms with Gasteiger partial charge >= 0.3 is 0 Å². The molecule has 3 aliphatic rings. The molecule has 0 saturated heterocycles. The smallest absolute Gasteiger partial charge is 0.154 e. The predicted molar refractivity (Wildman–Crippen MR) is 110 cm³/mol. The summed E-state index contributed by atoms with van der Waals surface area (Å²) < 4.78 is 7.36. The van der Waals surface area contributed by atoms with Gasteiger partial charge in [-0.15, -0.1) is 0 Å². The second-order valence-electron chi connectivity index (χ2n) is 7.56. The second-order valence-corrected chi connectivity index (χ2v) is 9.47. The first kappa shape index (κ1) is 17.5. The molecule has 5 rings (SSSR count). The third-order valence-corrected chi connectivity index (χ3v) is 7.50. The third-order valence-electron chi connectivity index (χ3n) is 6.04. The Morgan fingerprint density at radius 1 is 1.30 bits per heavy atom. The molecule has 0 amide bonds. The molecular weight excluding hydrogens is 426 g/mol. The molecule has 7 heteroatoms. The Kier molecular flexibility index (Phi) is 4.04. The maximum absolute atomic E-state index is 11.5. The summed E-state index contributed by atoms with van der Waals surface area (Å²) in [5.74, 6) is 1.68. The zero-order valence-corrected chi connectivity index (χ0v) is 17.0. The highest BCUT2D eigenvalue weighted by Crippen LogP contribution is 2.57. The molecule has 0 radical (unpaired) electrons. The number of amidine groups is 1. The normalized spacial score (nSPS) is 34.5. The molecule has 1 aromatic carbocycles. The number of hydrogen-bond donors (Lipinski definition) is 2. The molecule has 2 aromatic rings. The number of aromatic nitrogens is 1. The van der Waals surface area contributed by atoms with Crippen molar-refractivity contribution in [3.05, 3.63) is 58.3 Å². The molecular formula is C20H20BrN3O2S. The number of aliphatic hydroxyl groups is 1. The first-order valence-electron chi connectivity index (χ1n) is 9.09. The van der Waals surface area contributed by atoms with Gasteiger partial charge in [-0.25, -0.2) is 4.99 Å². The van der Waals surface area contributed by atoms with Gasteiger partial charge in [-0.05, 0) is 49.6 Å². The number of hydrogen-bond acceptors (Lipinski definition) is 6. The summed E-state index contributed by atoms with van der Waals surface area (Å²) in [6.07, 6.45) is 3.69. The number of pyridine rings is 1. The molecule has 5 nitrogen and oxygen atoms in total. The summed E-state index contributed by atoms with van der Waals surface area (Å²) in [7, 11) is 0. The van der Waals surface area contributed by atoms with Crippen LogP contribution in [-0.2, 0) is 11.1 Å². The molecule has 0 bridgehead atoms. The van der Waals surface area contributed by atoms with Gasteiger partial charge in [0.05, 0.1) is 5.69 Å². The zero-order chi connectivity index (χ0) is 18.6. The molecule has 2 unspecified atom stereocenters. The summed E-state index contributed by atoms with van der Waals surface area (Å²) >= 11 is 5.17. The minimum atomic E-state index is -0.972. The van der Waals surface area contributed by atoms with E-state index in [1.807, 2.05) is 30.3 Å². The van der Waals surface area contributed by atoms with Crippen molar-refractivity contribution >= 4 is 32.9 Å². The van der Waals surface area contributed by atoms with Crippen LogP contribution in [0.2, 0.25) is 0 Å². The van der Waals surface area contributed by atoms with Crippen molar-refractivity contribution in [2.24, 2.45) is 16.6 Å². The molecule has 2 aliphatic heterocycles. The topological polar surface area (TPSA) is 80.7 Å². The molecule has 1 fully saturated rings. The Balaban J connectivity index is 1.62. The SMILES string of the molecule is NC1=N[C@]2(CS1)c1cc(Br)ccc1OC1CCC(O)(c3ccccn3)C[C@@H]12. The van der Waals surface area contributed by atoms with E-state index in [4.69, 9.17) is 15.5 Å². The number of thioether (sulfide) groups is 1. The number of fused-ring (bicyclic) bond motifs is 4. The highest BCUT2D eigenvalue weighted by molar-refractivity contribution is 9.10. The van der Waals surface area contributed by atoms with Crippen LogP contribution in [-0.4, -0.2) is 27.1 Å². The molecule has 1 aromatic heterocycles. The van der Waals surface area contributed by atoms with Crippen LogP contribution in [0.5, 0.6) is 5.75 Å². The minimum Gasteiger partial charge on any atom is -0.490 e. The van der Waals surface area contributed by atoms with Crippen LogP contribution in [0.1, 0.15) is 30.5 Å². The summed E-state index contributed by atoms with van der Waals surface area (Å²) in [5.41, 5.74) is 6.45. The number of benzene rings is 1. The van der Waals surface area contributed by atoms with E-state index in [9.17, 15) is 5.11 Å². The van der Waals surface area contributed by atoms with Gasteiger partial charge in [0.1, 0.15) is 23.0 Å². The van der Waals surface area contributed by atoms with E-state index >= 15 is 0 Å². The van der Waals surface area contributed by atoms with Crippen LogP contribution in [0.3, 0.4) is 0 Å². The third kappa shape index (κ3) is 2.70. The van der Waals surface area contributed by atoms with Crippen LogP contribution < -0.4 is 10.5 Å². The lowest BCUT2D eigenvalue weighted by Gasteiger charge is -2.50. The lowest BCUT2D eigenvalue weighted by molar-refractivity contribution is -0.0895. The fraction of sp³-hybridized carbons (Fsp3) is 0.400. The zero-order valence-electron chi connectivity index (χ0n) is 14.6. The van der Waals surface area contributed by atoms with E-state index in [0.717, 1.165) is 33.7 Å². The van der Waals surface area contributed by atoms with Crippen molar-refractivity contribution in [2.45, 2.75) is 36.5 Å². The molecule has 1 saturated carbocycles. The van der Waals surface area contributed by atoms with Gasteiger partial charge in [-0.1, -0.05) is 33.8 Å². The number of ether oxygens (including phenoxy) is 1. The van der Waals surface area contributed by atoms with Gasteiger partial charge in [0.15, 0.2) is 5.17 Å². The highest BCUT2D eigenvalue weighted by atomic mass is 79.9. The van der Waals surface area contributed by atoms with Gasteiger partial charge < -0.3 is 15.6 Å². The maximum Gasteiger partial charge on any atom is 0.154 e. The maximum atomic E-state index is 11.5. The van der Waals surface area contributed by atoms with Gasteiger partial charge in [-0.3, -0.25) is 4.98 Å². The Morgan fingerprint density at radius 3 is 2.93 bits per heavy atom. The fourth-order valence-corrected chi connectivity index (χ4v) is 6.14. The van der Waals surface area contributed by atoms with E-state index < -0.39 is 11.1 Å². The Bertz CT molecular complexity index is 925. The molecule has 140 valence electrons. The molecule has 1 spiro atoms. The van der Waals surface area contributed by atoms with Crippen molar-refractivity contribution in [2.75, 3.05) is 5.75 Å². The van der Waals surface area contributed by atoms with Crippen molar-refractivity contribution in [1.29, 1.82) is 0 Å². The molecule has 3 N–H and O–H groups in total. The monoisotopic (exact) mass is 445 g/mol. The number of aliphatic imine (C=N–C) groups is 1. The first-order chi connectivity index (χ1) is 13.0. The van der Waals surface area contributed by atoms with Crippen molar-refractivity contribution in [3.63, 3.8) is 0 Å². The highest BCUT2D eigenvalue weighted by Gasteiger charge is 2.57. The first-order valence-corrected chi connectivity index (χ1v) is 10.9. The minimum absolute atomic E-state index is 0.0120. The van der Waals surface area contributed by atoms with Crippen molar-refractivity contribution < 1.29 is 9.84 Å². The van der Waals surface area contributed by atoms with Gasteiger partial charge in [0.25, 0.3) is 0 Å². The molecule has 27 heavy (non-hydrogen) atoms. The van der Waals surface area contributed by atoms with Crippen LogP contribution in [0.15, 0.2) is 52.1 Å². The lowest BCUT2D eigenvalue weighted by atomic mass is 9.64. The number of nitrogens with two attached hydrogens (primary N) is 1. The summed E-state index contributed by atoms with van der Waals surface area (Å²) in [6.45, 7) is 0. The van der Waals surface area contributed by atoms with Crippen LogP contribution in [0.25, 0.3) is 0 Å². The number of nitrogens with zero attached hydrogens (tertiary/aromatic N) is 2. The van der Waals surface area contributed by atoms with E-state index in [1.165, 1.54) is 0 Å². The predicted octanol–water partition coefficient (Wildman–Crippen LogP) is 3.55. The van der Waals surface area contributed by atoms with Crippen LogP contribution >= 0.6 is 27.7 Å². The standard InChI is InChI=1S/C20H20BrN3O2S/c21-12-4-5-15-13(9-12)20(11-27-18(22)24-20)14-10-19(25,7-6-16(14)26-15)17-3-1-2-8-23-17/h1-5,8-9,14,16,25H,6-7,10-11H2,(H2,22,24)/t14-,16?,19?,20+/m0/s1. The number of halogens is 1. The second kappa shape index (κ2) is 6.22. The average Bonchev–Trinajstić information content (AvgIpc) is 3.07. The van der Waals surface area contributed by atoms with Crippen LogP contribution in [0, 0.1) is 5.92 Å². The van der Waals surface area contributed by atoms with Gasteiger partial charge in [0, 0.05) is 27.9 Å². The average molecular weight is 446 g/mol. The van der Waals surface area contributed by atoms with Crippen molar-refractivity contribution in [1.82, 2.24) is 4.98 Å². The quantitative estimate of drug-likeness (QED) is 0.701. The molecule has 1 aliphatic carbocycles. The van der Waals surface area contributed by atoms with Crippen LogP contribution in [0.4, 0.5) is 0 Å². The number of rotatable bonds is 1. The van der Waals surface area contributed by atoms with E-state index in [2.05, 4.69) is 27.0 Å². The van der Waals surface area contributed by atoms with Gasteiger partial charge in [0.2, 0.25) is 0 Å². The summed E-state index contributed by atoms with van der Waals surface area (Å²) in [4.78, 5) is 9.37. The van der Waals surface area contributed by atoms with E-state index in [1.54, 1.807) is 18.0 Å². The molecule has 3 heterocycles. The fourth-order valence-electron chi connectivity index (χ4n) is 4.75. The largest absolute Gasteiger partial charge is 0.490 e. The van der Waals surface area contributed by atoms with Crippen molar-refractivity contribution in [3.8, 4) is 5.75 Å². The molecule has 4 atom stereocenters. The summed E-state index contributed by atoms with van der Waals surface area (Å²) in [5, 5.41) is 12.1.